The molecule has 0 aromatic heterocycles. The van der Waals surface area contributed by atoms with Gasteiger partial charge in [0.15, 0.2) is 0 Å². The first kappa shape index (κ1) is 15.8. The van der Waals surface area contributed by atoms with Gasteiger partial charge in [0.05, 0.1) is 18.8 Å². The van der Waals surface area contributed by atoms with Crippen molar-refractivity contribution in [2.24, 2.45) is 0 Å². The van der Waals surface area contributed by atoms with Gasteiger partial charge in [-0.3, -0.25) is 0 Å². The van der Waals surface area contributed by atoms with E-state index in [1.54, 1.807) is 0 Å². The van der Waals surface area contributed by atoms with E-state index in [-0.39, 0.29) is 12.7 Å². The lowest BCUT2D eigenvalue weighted by atomic mass is 10.1. The molecule has 0 saturated heterocycles. The van der Waals surface area contributed by atoms with Gasteiger partial charge in [0, 0.05) is 13.1 Å². The number of nitrogens with zero attached hydrogens (tertiary/aromatic N) is 1. The quantitative estimate of drug-likeness (QED) is 0.484. The zero-order valence-electron chi connectivity index (χ0n) is 10.6. The Labute approximate surface area is 98.9 Å². The molecule has 0 aliphatic heterocycles. The maximum Gasteiger partial charge on any atom is 0.0897 e. The normalized spacial score (nSPS) is 15.4. The van der Waals surface area contributed by atoms with Gasteiger partial charge in [-0.1, -0.05) is 32.6 Å². The lowest BCUT2D eigenvalue weighted by Gasteiger charge is -2.22. The minimum atomic E-state index is -0.711. The Bertz CT molecular complexity index is 155. The van der Waals surface area contributed by atoms with Crippen molar-refractivity contribution >= 4 is 0 Å². The van der Waals surface area contributed by atoms with Crippen LogP contribution in [0.3, 0.4) is 0 Å². The van der Waals surface area contributed by atoms with Gasteiger partial charge in [-0.2, -0.15) is 0 Å². The van der Waals surface area contributed by atoms with Crippen LogP contribution in [0.25, 0.3) is 0 Å². The van der Waals surface area contributed by atoms with Crippen molar-refractivity contribution < 1.29 is 15.3 Å². The number of unbranched alkanes of at least 4 members (excludes halogenated alkanes) is 3. The summed E-state index contributed by atoms with van der Waals surface area (Å²) in [7, 11) is 1.84. The summed E-state index contributed by atoms with van der Waals surface area (Å²) < 4.78 is 0. The third-order valence-electron chi connectivity index (χ3n) is 2.65. The second kappa shape index (κ2) is 10.0. The molecule has 98 valence electrons. The lowest BCUT2D eigenvalue weighted by Crippen LogP contribution is -2.36. The monoisotopic (exact) mass is 233 g/mol. The molecule has 3 N–H and O–H groups in total. The Balaban J connectivity index is 3.49. The summed E-state index contributed by atoms with van der Waals surface area (Å²) in [6.45, 7) is 2.91. The van der Waals surface area contributed by atoms with Crippen LogP contribution in [0.5, 0.6) is 0 Å². The van der Waals surface area contributed by atoms with Crippen LogP contribution in [0, 0.1) is 0 Å². The first-order chi connectivity index (χ1) is 7.60. The first-order valence-corrected chi connectivity index (χ1v) is 6.25. The first-order valence-electron chi connectivity index (χ1n) is 6.25. The third-order valence-corrected chi connectivity index (χ3v) is 2.65. The molecule has 0 rings (SSSR count). The highest BCUT2D eigenvalue weighted by molar-refractivity contribution is 4.65. The molecular formula is C12H27NO3. The van der Waals surface area contributed by atoms with Gasteiger partial charge in [-0.25, -0.2) is 0 Å². The lowest BCUT2D eigenvalue weighted by molar-refractivity contribution is 0.0471. The molecule has 0 fully saturated rings. The average Bonchev–Trinajstić information content (AvgIpc) is 2.24. The minimum absolute atomic E-state index is 0.225. The molecule has 0 heterocycles. The van der Waals surface area contributed by atoms with E-state index >= 15 is 0 Å². The highest BCUT2D eigenvalue weighted by atomic mass is 16.3. The Morgan fingerprint density at radius 3 is 2.19 bits per heavy atom. The van der Waals surface area contributed by atoms with Crippen molar-refractivity contribution in [3.8, 4) is 0 Å². The molecule has 0 saturated carbocycles. The molecule has 2 unspecified atom stereocenters. The van der Waals surface area contributed by atoms with Crippen LogP contribution in [0.1, 0.15) is 39.0 Å². The van der Waals surface area contributed by atoms with Crippen LogP contribution in [0.4, 0.5) is 0 Å². The number of rotatable bonds is 10. The largest absolute Gasteiger partial charge is 0.394 e. The van der Waals surface area contributed by atoms with Gasteiger partial charge in [0.1, 0.15) is 0 Å². The number of aliphatic hydroxyl groups is 3. The third kappa shape index (κ3) is 9.09. The predicted octanol–water partition coefficient (Wildman–Crippen LogP) is 0.603. The van der Waals surface area contributed by atoms with Gasteiger partial charge in [0.25, 0.3) is 0 Å². The molecular weight excluding hydrogens is 206 g/mol. The number of aliphatic hydroxyl groups excluding tert-OH is 3. The van der Waals surface area contributed by atoms with Crippen molar-refractivity contribution in [3.05, 3.63) is 0 Å². The van der Waals surface area contributed by atoms with E-state index in [4.69, 9.17) is 5.11 Å². The zero-order valence-corrected chi connectivity index (χ0v) is 10.6. The van der Waals surface area contributed by atoms with Crippen LogP contribution < -0.4 is 0 Å². The standard InChI is InChI=1S/C12H27NO3/c1-3-4-5-6-7-11(15)8-13(2)9-12(16)10-14/h11-12,14-16H,3-10H2,1-2H3. The van der Waals surface area contributed by atoms with E-state index in [2.05, 4.69) is 6.92 Å². The van der Waals surface area contributed by atoms with Crippen molar-refractivity contribution in [3.63, 3.8) is 0 Å². The highest BCUT2D eigenvalue weighted by Gasteiger charge is 2.11. The van der Waals surface area contributed by atoms with E-state index in [1.807, 2.05) is 11.9 Å². The van der Waals surface area contributed by atoms with E-state index in [1.165, 1.54) is 19.3 Å². The molecule has 0 radical (unpaired) electrons. The molecule has 0 aromatic rings. The zero-order chi connectivity index (χ0) is 12.4. The van der Waals surface area contributed by atoms with Crippen molar-refractivity contribution in [2.75, 3.05) is 26.7 Å². The molecule has 0 amide bonds. The fourth-order valence-corrected chi connectivity index (χ4v) is 1.75. The van der Waals surface area contributed by atoms with Crippen LogP contribution >= 0.6 is 0 Å². The summed E-state index contributed by atoms with van der Waals surface area (Å²) in [6, 6.07) is 0. The maximum absolute atomic E-state index is 9.72. The number of hydrogen-bond donors (Lipinski definition) is 3. The van der Waals surface area contributed by atoms with Gasteiger partial charge >= 0.3 is 0 Å². The summed E-state index contributed by atoms with van der Waals surface area (Å²) in [5.74, 6) is 0. The van der Waals surface area contributed by atoms with Crippen LogP contribution in [0.15, 0.2) is 0 Å². The molecule has 4 heteroatoms. The summed E-state index contributed by atoms with van der Waals surface area (Å²) in [5, 5.41) is 27.6. The van der Waals surface area contributed by atoms with Crippen molar-refractivity contribution in [1.82, 2.24) is 4.90 Å². The molecule has 16 heavy (non-hydrogen) atoms. The summed E-state index contributed by atoms with van der Waals surface area (Å²) in [6.07, 6.45) is 4.46. The summed E-state index contributed by atoms with van der Waals surface area (Å²) in [4.78, 5) is 1.85. The fourth-order valence-electron chi connectivity index (χ4n) is 1.75. The maximum atomic E-state index is 9.72. The SMILES string of the molecule is CCCCCCC(O)CN(C)CC(O)CO. The van der Waals surface area contributed by atoms with Crippen molar-refractivity contribution in [1.29, 1.82) is 0 Å². The van der Waals surface area contributed by atoms with Crippen LogP contribution in [-0.2, 0) is 0 Å². The topological polar surface area (TPSA) is 63.9 Å². The second-order valence-electron chi connectivity index (χ2n) is 4.56. The molecule has 0 aromatic carbocycles. The van der Waals surface area contributed by atoms with Crippen LogP contribution in [-0.4, -0.2) is 59.2 Å². The van der Waals surface area contributed by atoms with Gasteiger partial charge < -0.3 is 20.2 Å². The Hall–Kier alpha value is -0.160. The van der Waals surface area contributed by atoms with E-state index in [0.717, 1.165) is 12.8 Å². The molecule has 0 aliphatic carbocycles. The van der Waals surface area contributed by atoms with E-state index in [9.17, 15) is 10.2 Å². The van der Waals surface area contributed by atoms with Gasteiger partial charge in [-0.05, 0) is 13.5 Å². The molecule has 2 atom stereocenters. The van der Waals surface area contributed by atoms with E-state index < -0.39 is 6.10 Å². The molecule has 0 spiro atoms. The summed E-state index contributed by atoms with van der Waals surface area (Å²) >= 11 is 0. The summed E-state index contributed by atoms with van der Waals surface area (Å²) in [5.41, 5.74) is 0. The molecule has 0 aliphatic rings. The Morgan fingerprint density at radius 2 is 1.62 bits per heavy atom. The van der Waals surface area contributed by atoms with Crippen molar-refractivity contribution in [2.45, 2.75) is 51.2 Å². The minimum Gasteiger partial charge on any atom is -0.394 e. The molecule has 0 bridgehead atoms. The fraction of sp³-hybridized carbons (Fsp3) is 1.00. The number of likely N-dealkylation sites (N-methyl/N-ethyl adjacent to an activating group) is 1. The Morgan fingerprint density at radius 1 is 1.00 bits per heavy atom. The van der Waals surface area contributed by atoms with Gasteiger partial charge in [-0.15, -0.1) is 0 Å². The highest BCUT2D eigenvalue weighted by Crippen LogP contribution is 2.06. The van der Waals surface area contributed by atoms with E-state index in [0.29, 0.717) is 13.1 Å². The number of hydrogen-bond acceptors (Lipinski definition) is 4. The molecule has 4 nitrogen and oxygen atoms in total. The second-order valence-corrected chi connectivity index (χ2v) is 4.56. The average molecular weight is 233 g/mol. The smallest absolute Gasteiger partial charge is 0.0897 e. The van der Waals surface area contributed by atoms with Crippen LogP contribution in [0.2, 0.25) is 0 Å². The Kier molecular flexibility index (Phi) is 9.92. The predicted molar refractivity (Wildman–Crippen MR) is 65.4 cm³/mol. The van der Waals surface area contributed by atoms with Gasteiger partial charge in [0.2, 0.25) is 0 Å².